The Balaban J connectivity index is 3.73. The van der Waals surface area contributed by atoms with Crippen LogP contribution in [0.15, 0.2) is 72.9 Å². The number of allylic oxidation sites excluding steroid dienone is 11. The molecule has 0 bridgehead atoms. The van der Waals surface area contributed by atoms with Crippen LogP contribution in [0.25, 0.3) is 0 Å². The van der Waals surface area contributed by atoms with Crippen molar-refractivity contribution in [1.29, 1.82) is 0 Å². The number of hydrogen-bond acceptors (Lipinski definition) is 3. The molecular weight excluding hydrogens is 578 g/mol. The van der Waals surface area contributed by atoms with Crippen LogP contribution in [-0.4, -0.2) is 34.9 Å². The van der Waals surface area contributed by atoms with Gasteiger partial charge in [0.15, 0.2) is 0 Å². The van der Waals surface area contributed by atoms with Gasteiger partial charge in [-0.25, -0.2) is 0 Å². The van der Waals surface area contributed by atoms with E-state index >= 15 is 0 Å². The van der Waals surface area contributed by atoms with Crippen LogP contribution in [0.1, 0.15) is 174 Å². The van der Waals surface area contributed by atoms with Crippen LogP contribution in [0.2, 0.25) is 0 Å². The second kappa shape index (κ2) is 38.3. The van der Waals surface area contributed by atoms with Gasteiger partial charge in [-0.3, -0.25) is 4.79 Å². The molecule has 0 aromatic rings. The Morgan fingerprint density at radius 1 is 0.511 bits per heavy atom. The highest BCUT2D eigenvalue weighted by Gasteiger charge is 2.17. The van der Waals surface area contributed by atoms with Crippen molar-refractivity contribution in [3.63, 3.8) is 0 Å². The SMILES string of the molecule is CCCCCC/C=C/CC/C=C/CC/C=C/C(O)C(CO)NC(=O)CCCCCCCC/C=C\C/C=C\C/C=C\CCCCCCC. The van der Waals surface area contributed by atoms with Crippen molar-refractivity contribution < 1.29 is 15.0 Å². The number of aliphatic hydroxyl groups excluding tert-OH is 2. The quantitative estimate of drug-likeness (QED) is 0.0478. The molecule has 0 radical (unpaired) electrons. The maximum atomic E-state index is 12.3. The van der Waals surface area contributed by atoms with Gasteiger partial charge in [0.05, 0.1) is 18.8 Å². The van der Waals surface area contributed by atoms with Crippen LogP contribution in [0.3, 0.4) is 0 Å². The lowest BCUT2D eigenvalue weighted by Crippen LogP contribution is -2.45. The third-order valence-corrected chi connectivity index (χ3v) is 8.39. The number of carbonyl (C=O) groups excluding carboxylic acids is 1. The Morgan fingerprint density at radius 2 is 0.894 bits per heavy atom. The number of nitrogens with one attached hydrogen (secondary N) is 1. The third-order valence-electron chi connectivity index (χ3n) is 8.39. The predicted molar refractivity (Wildman–Crippen MR) is 207 cm³/mol. The minimum Gasteiger partial charge on any atom is -0.394 e. The molecule has 0 aliphatic rings. The summed E-state index contributed by atoms with van der Waals surface area (Å²) in [6.45, 7) is 4.23. The van der Waals surface area contributed by atoms with Crippen LogP contribution >= 0.6 is 0 Å². The molecule has 0 spiro atoms. The van der Waals surface area contributed by atoms with E-state index in [1.54, 1.807) is 6.08 Å². The highest BCUT2D eigenvalue weighted by Crippen LogP contribution is 2.10. The fraction of sp³-hybridized carbons (Fsp3) is 0.698. The highest BCUT2D eigenvalue weighted by atomic mass is 16.3. The summed E-state index contributed by atoms with van der Waals surface area (Å²) in [6.07, 6.45) is 54.1. The minimum absolute atomic E-state index is 0.0949. The van der Waals surface area contributed by atoms with E-state index in [1.807, 2.05) is 6.08 Å². The Labute approximate surface area is 291 Å². The van der Waals surface area contributed by atoms with Crippen LogP contribution in [0, 0.1) is 0 Å². The lowest BCUT2D eigenvalue weighted by atomic mass is 10.1. The van der Waals surface area contributed by atoms with Crippen molar-refractivity contribution in [1.82, 2.24) is 5.32 Å². The number of rotatable bonds is 34. The first kappa shape index (κ1) is 44.8. The van der Waals surface area contributed by atoms with Crippen LogP contribution in [0.4, 0.5) is 0 Å². The summed E-state index contributed by atoms with van der Waals surface area (Å²) >= 11 is 0. The van der Waals surface area contributed by atoms with Gasteiger partial charge in [-0.05, 0) is 83.5 Å². The normalized spacial score (nSPS) is 13.9. The maximum Gasteiger partial charge on any atom is 0.220 e. The molecule has 2 unspecified atom stereocenters. The molecule has 0 saturated carbocycles. The molecule has 4 heteroatoms. The maximum absolute atomic E-state index is 12.3. The van der Waals surface area contributed by atoms with Crippen LogP contribution in [0.5, 0.6) is 0 Å². The van der Waals surface area contributed by atoms with Crippen LogP contribution in [-0.2, 0) is 4.79 Å². The summed E-state index contributed by atoms with van der Waals surface area (Å²) < 4.78 is 0. The molecule has 4 nitrogen and oxygen atoms in total. The Hall–Kier alpha value is -2.17. The van der Waals surface area contributed by atoms with E-state index in [0.717, 1.165) is 64.2 Å². The largest absolute Gasteiger partial charge is 0.394 e. The first-order valence-electron chi connectivity index (χ1n) is 19.7. The van der Waals surface area contributed by atoms with Gasteiger partial charge in [0.25, 0.3) is 0 Å². The lowest BCUT2D eigenvalue weighted by Gasteiger charge is -2.19. The van der Waals surface area contributed by atoms with Gasteiger partial charge in [-0.1, -0.05) is 157 Å². The number of carbonyl (C=O) groups is 1. The third kappa shape index (κ3) is 35.0. The Bertz CT molecular complexity index is 838. The van der Waals surface area contributed by atoms with Gasteiger partial charge in [-0.15, -0.1) is 0 Å². The van der Waals surface area contributed by atoms with Gasteiger partial charge < -0.3 is 15.5 Å². The number of aliphatic hydroxyl groups is 2. The molecule has 2 atom stereocenters. The molecule has 0 aromatic carbocycles. The zero-order chi connectivity index (χ0) is 34.3. The van der Waals surface area contributed by atoms with Crippen molar-refractivity contribution >= 4 is 5.91 Å². The van der Waals surface area contributed by atoms with E-state index < -0.39 is 12.1 Å². The predicted octanol–water partition coefficient (Wildman–Crippen LogP) is 12.0. The smallest absolute Gasteiger partial charge is 0.220 e. The Morgan fingerprint density at radius 3 is 1.40 bits per heavy atom. The van der Waals surface area contributed by atoms with E-state index in [4.69, 9.17) is 0 Å². The minimum atomic E-state index is -0.877. The van der Waals surface area contributed by atoms with Crippen molar-refractivity contribution in [2.24, 2.45) is 0 Å². The summed E-state index contributed by atoms with van der Waals surface area (Å²) in [6, 6.07) is -0.654. The number of amides is 1. The fourth-order valence-electron chi connectivity index (χ4n) is 5.33. The summed E-state index contributed by atoms with van der Waals surface area (Å²) in [5, 5.41) is 22.9. The van der Waals surface area contributed by atoms with Gasteiger partial charge in [0, 0.05) is 6.42 Å². The summed E-state index contributed by atoms with van der Waals surface area (Å²) in [5.41, 5.74) is 0. The first-order chi connectivity index (χ1) is 23.2. The average molecular weight is 654 g/mol. The van der Waals surface area contributed by atoms with Gasteiger partial charge in [0.2, 0.25) is 5.91 Å². The van der Waals surface area contributed by atoms with Crippen molar-refractivity contribution in [3.8, 4) is 0 Å². The van der Waals surface area contributed by atoms with Crippen molar-refractivity contribution in [3.05, 3.63) is 72.9 Å². The zero-order valence-corrected chi connectivity index (χ0v) is 30.8. The van der Waals surface area contributed by atoms with Gasteiger partial charge in [0.1, 0.15) is 0 Å². The molecule has 0 aliphatic carbocycles. The van der Waals surface area contributed by atoms with E-state index in [2.05, 4.69) is 79.9 Å². The first-order valence-corrected chi connectivity index (χ1v) is 19.7. The zero-order valence-electron chi connectivity index (χ0n) is 30.8. The summed E-state index contributed by atoms with van der Waals surface area (Å²) in [7, 11) is 0. The molecule has 270 valence electrons. The molecule has 47 heavy (non-hydrogen) atoms. The average Bonchev–Trinajstić information content (AvgIpc) is 3.07. The molecule has 3 N–H and O–H groups in total. The topological polar surface area (TPSA) is 69.6 Å². The molecule has 0 fully saturated rings. The molecular formula is C43H75NO3. The molecule has 0 aromatic heterocycles. The molecule has 0 aliphatic heterocycles. The van der Waals surface area contributed by atoms with Crippen molar-refractivity contribution in [2.75, 3.05) is 6.61 Å². The molecule has 1 amide bonds. The van der Waals surface area contributed by atoms with Crippen LogP contribution < -0.4 is 5.32 Å². The van der Waals surface area contributed by atoms with E-state index in [-0.39, 0.29) is 12.5 Å². The summed E-state index contributed by atoms with van der Waals surface area (Å²) in [4.78, 5) is 12.3. The molecule has 0 rings (SSSR count). The number of hydrogen-bond donors (Lipinski definition) is 3. The second-order valence-electron chi connectivity index (χ2n) is 13.0. The lowest BCUT2D eigenvalue weighted by molar-refractivity contribution is -0.123. The van der Waals surface area contributed by atoms with Gasteiger partial charge in [-0.2, -0.15) is 0 Å². The second-order valence-corrected chi connectivity index (χ2v) is 13.0. The van der Waals surface area contributed by atoms with E-state index in [1.165, 1.54) is 89.9 Å². The van der Waals surface area contributed by atoms with E-state index in [9.17, 15) is 15.0 Å². The monoisotopic (exact) mass is 654 g/mol. The Kier molecular flexibility index (Phi) is 36.5. The molecule has 0 heterocycles. The standard InChI is InChI=1S/C43H75NO3/c1-3-5-7-9-11-13-15-17-19-20-21-22-23-24-25-27-29-31-33-35-37-39-43(47)44-41(40-45)42(46)38-36-34-32-30-28-26-18-16-14-12-10-8-6-4-2/h14-17,20-21,23-24,28,30,36,38,41-42,45-46H,3-13,18-19,22,25-27,29,31-35,37,39-40H2,1-2H3,(H,44,47)/b16-14+,17-15-,21-20-,24-23-,30-28+,38-36+. The summed E-state index contributed by atoms with van der Waals surface area (Å²) in [5.74, 6) is -0.0949. The molecule has 0 saturated heterocycles. The number of unbranched alkanes of at least 4 members (excludes halogenated alkanes) is 17. The van der Waals surface area contributed by atoms with Crippen molar-refractivity contribution in [2.45, 2.75) is 187 Å². The highest BCUT2D eigenvalue weighted by molar-refractivity contribution is 5.76. The van der Waals surface area contributed by atoms with E-state index in [0.29, 0.717) is 6.42 Å². The fourth-order valence-corrected chi connectivity index (χ4v) is 5.33. The van der Waals surface area contributed by atoms with Gasteiger partial charge >= 0.3 is 0 Å².